The van der Waals surface area contributed by atoms with Gasteiger partial charge in [0.2, 0.25) is 0 Å². The monoisotopic (exact) mass is 711 g/mol. The average Bonchev–Trinajstić information content (AvgIpc) is 3.35. The van der Waals surface area contributed by atoms with Crippen molar-refractivity contribution in [2.75, 3.05) is 49.7 Å². The summed E-state index contributed by atoms with van der Waals surface area (Å²) in [6.07, 6.45) is 1.85. The van der Waals surface area contributed by atoms with E-state index in [1.165, 1.54) is 36.3 Å². The van der Waals surface area contributed by atoms with Gasteiger partial charge in [-0.3, -0.25) is 0 Å². The van der Waals surface area contributed by atoms with Crippen LogP contribution in [0.1, 0.15) is 49.0 Å². The molecule has 1 aromatic heterocycles. The number of thiophene rings is 1. The molecule has 0 radical (unpaired) electrons. The lowest BCUT2D eigenvalue weighted by Crippen LogP contribution is -2.53. The van der Waals surface area contributed by atoms with Crippen LogP contribution in [0.5, 0.6) is 5.75 Å². The minimum absolute atomic E-state index is 0.0715. The smallest absolute Gasteiger partial charge is 0.393 e. The predicted octanol–water partition coefficient (Wildman–Crippen LogP) is 7.31. The van der Waals surface area contributed by atoms with E-state index in [0.29, 0.717) is 21.5 Å². The van der Waals surface area contributed by atoms with Crippen LogP contribution in [0.4, 0.5) is 33.3 Å². The molecule has 3 aromatic rings. The number of nitrogens with zero attached hydrogens (tertiary/aromatic N) is 1. The molecule has 0 atom stereocenters. The molecule has 1 saturated carbocycles. The summed E-state index contributed by atoms with van der Waals surface area (Å²) in [6.45, 7) is 0.702. The Morgan fingerprint density at radius 1 is 1.08 bits per heavy atom. The highest BCUT2D eigenvalue weighted by Gasteiger charge is 2.42. The molecule has 1 spiro atoms. The molecule has 14 heteroatoms. The van der Waals surface area contributed by atoms with Gasteiger partial charge in [0, 0.05) is 29.8 Å². The van der Waals surface area contributed by atoms with Crippen LogP contribution in [0.15, 0.2) is 41.3 Å². The summed E-state index contributed by atoms with van der Waals surface area (Å²) in [6, 6.07) is 9.63. The molecule has 0 bridgehead atoms. The Morgan fingerprint density at radius 2 is 1.81 bits per heavy atom. The number of rotatable bonds is 9. The summed E-state index contributed by atoms with van der Waals surface area (Å²) >= 11 is 1.20. The number of nitrogens with one attached hydrogen (secondary N) is 2. The Balaban J connectivity index is 1.15. The first-order valence-corrected chi connectivity index (χ1v) is 18.7. The quantitative estimate of drug-likeness (QED) is 0.178. The van der Waals surface area contributed by atoms with Gasteiger partial charge in [-0.25, -0.2) is 8.42 Å². The third-order valence-electron chi connectivity index (χ3n) is 9.61. The molecular weight excluding hydrogens is 674 g/mol. The van der Waals surface area contributed by atoms with E-state index in [1.54, 1.807) is 12.1 Å². The molecule has 2 aliphatic heterocycles. The highest BCUT2D eigenvalue weighted by atomic mass is 32.2. The molecule has 3 fully saturated rings. The average molecular weight is 712 g/mol. The Bertz CT molecular complexity index is 1780. The van der Waals surface area contributed by atoms with Gasteiger partial charge in [0.05, 0.1) is 52.0 Å². The standard InChI is InChI=1S/C34H38F5N3O4S2/c1-48(43,44)24-11-12-27(29(18-24)46-32(35)36)40-15-3-6-30-26(19-34(37,38)39)25-4-2-5-28(31(25)47-30)41-22-7-9-23(10-8-22)42-16-13-33(14-17-42)20-45-21-33/h2,4-5,11-12,18,22-23,32,40-41H,7-10,13-17,19-21H2,1H3. The minimum atomic E-state index is -4.45. The molecule has 2 N–H and O–H groups in total. The number of hydrogen-bond donors (Lipinski definition) is 2. The first-order valence-electron chi connectivity index (χ1n) is 16.0. The van der Waals surface area contributed by atoms with Crippen molar-refractivity contribution in [3.63, 3.8) is 0 Å². The lowest BCUT2D eigenvalue weighted by atomic mass is 9.76. The first kappa shape index (κ1) is 34.7. The highest BCUT2D eigenvalue weighted by Crippen LogP contribution is 2.42. The summed E-state index contributed by atoms with van der Waals surface area (Å²) in [5.74, 6) is 5.28. The number of piperidine rings is 1. The molecule has 7 nitrogen and oxygen atoms in total. The Kier molecular flexibility index (Phi) is 10.1. The number of ether oxygens (including phenoxy) is 2. The van der Waals surface area contributed by atoms with E-state index < -0.39 is 29.0 Å². The van der Waals surface area contributed by atoms with Crippen LogP contribution >= 0.6 is 11.3 Å². The number of fused-ring (bicyclic) bond motifs is 1. The summed E-state index contributed by atoms with van der Waals surface area (Å²) < 4.78 is 102. The molecule has 260 valence electrons. The van der Waals surface area contributed by atoms with Gasteiger partial charge in [-0.05, 0) is 80.8 Å². The second kappa shape index (κ2) is 14.0. The lowest BCUT2D eigenvalue weighted by molar-refractivity contribution is -0.143. The molecule has 0 amide bonds. The zero-order valence-corrected chi connectivity index (χ0v) is 28.1. The molecule has 2 aromatic carbocycles. The summed E-state index contributed by atoms with van der Waals surface area (Å²) in [5, 5.41) is 6.93. The number of halogens is 5. The van der Waals surface area contributed by atoms with Gasteiger partial charge < -0.3 is 25.0 Å². The van der Waals surface area contributed by atoms with Crippen molar-refractivity contribution in [1.29, 1.82) is 0 Å². The maximum Gasteiger partial charge on any atom is 0.393 e. The van der Waals surface area contributed by atoms with Gasteiger partial charge in [0.25, 0.3) is 0 Å². The van der Waals surface area contributed by atoms with Crippen molar-refractivity contribution in [3.8, 4) is 17.6 Å². The summed E-state index contributed by atoms with van der Waals surface area (Å²) in [7, 11) is -3.68. The molecule has 48 heavy (non-hydrogen) atoms. The van der Waals surface area contributed by atoms with Gasteiger partial charge in [-0.1, -0.05) is 24.0 Å². The zero-order chi connectivity index (χ0) is 34.1. The molecule has 0 unspecified atom stereocenters. The van der Waals surface area contributed by atoms with Crippen molar-refractivity contribution < 1.29 is 39.8 Å². The fraction of sp³-hybridized carbons (Fsp3) is 0.529. The second-order valence-corrected chi connectivity index (χ2v) is 16.1. The normalized spacial score (nSPS) is 21.5. The Hall–Kier alpha value is -3.12. The van der Waals surface area contributed by atoms with Crippen LogP contribution < -0.4 is 15.4 Å². The largest absolute Gasteiger partial charge is 0.433 e. The van der Waals surface area contributed by atoms with E-state index >= 15 is 0 Å². The number of alkyl halides is 5. The number of hydrogen-bond acceptors (Lipinski definition) is 8. The minimum Gasteiger partial charge on any atom is -0.433 e. The topological polar surface area (TPSA) is 79.9 Å². The summed E-state index contributed by atoms with van der Waals surface area (Å²) in [5.41, 5.74) is 1.37. The first-order chi connectivity index (χ1) is 22.8. The van der Waals surface area contributed by atoms with Gasteiger partial charge in [0.1, 0.15) is 0 Å². The van der Waals surface area contributed by atoms with Crippen LogP contribution in [0.25, 0.3) is 10.1 Å². The van der Waals surface area contributed by atoms with Crippen LogP contribution in [0.3, 0.4) is 0 Å². The molecule has 3 heterocycles. The molecule has 2 saturated heterocycles. The van der Waals surface area contributed by atoms with E-state index in [1.807, 2.05) is 6.07 Å². The second-order valence-electron chi connectivity index (χ2n) is 13.0. The van der Waals surface area contributed by atoms with Crippen molar-refractivity contribution in [2.24, 2.45) is 5.41 Å². The van der Waals surface area contributed by atoms with E-state index in [9.17, 15) is 30.4 Å². The molecule has 1 aliphatic carbocycles. The number of likely N-dealkylation sites (tertiary alicyclic amines) is 1. The van der Waals surface area contributed by atoms with Crippen molar-refractivity contribution in [1.82, 2.24) is 4.90 Å². The Morgan fingerprint density at radius 3 is 2.44 bits per heavy atom. The van der Waals surface area contributed by atoms with Crippen LogP contribution in [0, 0.1) is 17.3 Å². The van der Waals surface area contributed by atoms with Gasteiger partial charge >= 0.3 is 12.8 Å². The van der Waals surface area contributed by atoms with Gasteiger partial charge in [0.15, 0.2) is 15.6 Å². The Labute approximate surface area is 281 Å². The predicted molar refractivity (Wildman–Crippen MR) is 177 cm³/mol. The third kappa shape index (κ3) is 8.18. The zero-order valence-electron chi connectivity index (χ0n) is 26.5. The third-order valence-corrected chi connectivity index (χ3v) is 11.9. The van der Waals surface area contributed by atoms with E-state index in [4.69, 9.17) is 4.74 Å². The SMILES string of the molecule is CS(=O)(=O)c1ccc(NCC#Cc2sc3c(NC4CCC(N5CCC6(CC5)COC6)CC4)cccc3c2CC(F)(F)F)c(OC(F)F)c1. The van der Waals surface area contributed by atoms with E-state index in [2.05, 4.69) is 32.1 Å². The fourth-order valence-electron chi connectivity index (χ4n) is 6.95. The molecular formula is C34H38F5N3O4S2. The van der Waals surface area contributed by atoms with Crippen molar-refractivity contribution >= 4 is 42.6 Å². The number of anilines is 2. The lowest BCUT2D eigenvalue weighted by Gasteiger charge is -2.49. The van der Waals surface area contributed by atoms with Crippen LogP contribution in [0.2, 0.25) is 0 Å². The number of benzene rings is 2. The molecule has 3 aliphatic rings. The van der Waals surface area contributed by atoms with Crippen LogP contribution in [-0.4, -0.2) is 77.3 Å². The van der Waals surface area contributed by atoms with E-state index in [0.717, 1.165) is 70.0 Å². The van der Waals surface area contributed by atoms with Crippen LogP contribution in [-0.2, 0) is 21.0 Å². The van der Waals surface area contributed by atoms with Gasteiger partial charge in [-0.2, -0.15) is 22.0 Å². The van der Waals surface area contributed by atoms with Crippen molar-refractivity contribution in [2.45, 2.75) is 74.7 Å². The molecule has 6 rings (SSSR count). The maximum absolute atomic E-state index is 13.7. The fourth-order valence-corrected chi connectivity index (χ4v) is 8.75. The number of sulfone groups is 1. The van der Waals surface area contributed by atoms with Gasteiger partial charge in [-0.15, -0.1) is 11.3 Å². The van der Waals surface area contributed by atoms with Crippen molar-refractivity contribution in [3.05, 3.63) is 46.8 Å². The maximum atomic E-state index is 13.7. The summed E-state index contributed by atoms with van der Waals surface area (Å²) in [4.78, 5) is 2.70. The highest BCUT2D eigenvalue weighted by molar-refractivity contribution is 7.90. The van der Waals surface area contributed by atoms with E-state index in [-0.39, 0.29) is 39.4 Å².